The number of hydrogen-bond donors (Lipinski definition) is 2. The van der Waals surface area contributed by atoms with Gasteiger partial charge in [-0.05, 0) is 30.3 Å². The SMILES string of the molecule is CNS(=O)(=O)c1ccc(-c2c(-c3ccc(CS(=O)O)cc3)nc(C(F)(F)F)nc2N2CCOCC2)cc1. The molecule has 2 aromatic carbocycles. The van der Waals surface area contributed by atoms with Gasteiger partial charge < -0.3 is 14.2 Å². The minimum Gasteiger partial charge on any atom is -0.378 e. The lowest BCUT2D eigenvalue weighted by Crippen LogP contribution is -2.37. The van der Waals surface area contributed by atoms with Crippen LogP contribution in [-0.4, -0.2) is 60.5 Å². The number of rotatable bonds is 7. The Morgan fingerprint density at radius 1 is 1.03 bits per heavy atom. The van der Waals surface area contributed by atoms with Crippen LogP contribution in [0, 0.1) is 0 Å². The Labute approximate surface area is 214 Å². The monoisotopic (exact) mass is 556 g/mol. The second kappa shape index (κ2) is 10.8. The summed E-state index contributed by atoms with van der Waals surface area (Å²) in [5, 5.41) is 0. The van der Waals surface area contributed by atoms with E-state index in [1.54, 1.807) is 17.0 Å². The minimum absolute atomic E-state index is 0.00953. The van der Waals surface area contributed by atoms with Gasteiger partial charge in [0.1, 0.15) is 5.82 Å². The third-order valence-electron chi connectivity index (χ3n) is 5.69. The molecule has 1 atom stereocenters. The normalized spacial score (nSPS) is 15.5. The highest BCUT2D eigenvalue weighted by atomic mass is 32.2. The Morgan fingerprint density at radius 2 is 1.62 bits per heavy atom. The van der Waals surface area contributed by atoms with Crippen LogP contribution < -0.4 is 9.62 Å². The predicted molar refractivity (Wildman–Crippen MR) is 132 cm³/mol. The van der Waals surface area contributed by atoms with Gasteiger partial charge in [-0.1, -0.05) is 36.4 Å². The van der Waals surface area contributed by atoms with E-state index in [2.05, 4.69) is 14.7 Å². The minimum atomic E-state index is -4.83. The molecule has 0 aliphatic carbocycles. The van der Waals surface area contributed by atoms with E-state index < -0.39 is 33.1 Å². The molecular weight excluding hydrogens is 533 g/mol. The van der Waals surface area contributed by atoms with Gasteiger partial charge in [-0.25, -0.2) is 27.3 Å². The number of halogens is 3. The largest absolute Gasteiger partial charge is 0.451 e. The molecule has 1 aliphatic heterocycles. The van der Waals surface area contributed by atoms with E-state index in [9.17, 15) is 25.8 Å². The van der Waals surface area contributed by atoms with Crippen molar-refractivity contribution >= 4 is 26.9 Å². The molecule has 1 fully saturated rings. The molecule has 37 heavy (non-hydrogen) atoms. The van der Waals surface area contributed by atoms with Crippen molar-refractivity contribution in [1.29, 1.82) is 0 Å². The number of nitrogens with zero attached hydrogens (tertiary/aromatic N) is 3. The van der Waals surface area contributed by atoms with E-state index >= 15 is 0 Å². The second-order valence-corrected chi connectivity index (χ2v) is 10.9. The van der Waals surface area contributed by atoms with Gasteiger partial charge in [-0.3, -0.25) is 0 Å². The molecule has 1 saturated heterocycles. The van der Waals surface area contributed by atoms with Gasteiger partial charge in [-0.15, -0.1) is 0 Å². The van der Waals surface area contributed by atoms with Gasteiger partial charge in [-0.2, -0.15) is 13.2 Å². The summed E-state index contributed by atoms with van der Waals surface area (Å²) in [5.41, 5.74) is 1.55. The van der Waals surface area contributed by atoms with Crippen molar-refractivity contribution in [3.05, 3.63) is 59.9 Å². The molecule has 0 saturated carbocycles. The number of nitrogens with one attached hydrogen (secondary N) is 1. The first-order valence-electron chi connectivity index (χ1n) is 11.0. The maximum absolute atomic E-state index is 13.9. The lowest BCUT2D eigenvalue weighted by molar-refractivity contribution is -0.144. The maximum Gasteiger partial charge on any atom is 0.451 e. The van der Waals surface area contributed by atoms with Crippen molar-refractivity contribution in [3.63, 3.8) is 0 Å². The van der Waals surface area contributed by atoms with E-state index in [-0.39, 0.29) is 22.2 Å². The zero-order valence-electron chi connectivity index (χ0n) is 19.5. The van der Waals surface area contributed by atoms with Crippen LogP contribution >= 0.6 is 0 Å². The number of hydrogen-bond acceptors (Lipinski definition) is 7. The maximum atomic E-state index is 13.9. The Hall–Kier alpha value is -2.91. The first-order valence-corrected chi connectivity index (χ1v) is 13.8. The lowest BCUT2D eigenvalue weighted by atomic mass is 9.98. The summed E-state index contributed by atoms with van der Waals surface area (Å²) in [4.78, 5) is 9.46. The molecule has 2 N–H and O–H groups in total. The van der Waals surface area contributed by atoms with Crippen molar-refractivity contribution in [3.8, 4) is 22.4 Å². The van der Waals surface area contributed by atoms with E-state index in [4.69, 9.17) is 9.29 Å². The highest BCUT2D eigenvalue weighted by Crippen LogP contribution is 2.41. The van der Waals surface area contributed by atoms with E-state index in [1.807, 2.05) is 0 Å². The smallest absolute Gasteiger partial charge is 0.378 e. The second-order valence-electron chi connectivity index (χ2n) is 8.09. The molecule has 198 valence electrons. The lowest BCUT2D eigenvalue weighted by Gasteiger charge is -2.31. The highest BCUT2D eigenvalue weighted by Gasteiger charge is 2.37. The molecule has 3 aromatic rings. The van der Waals surface area contributed by atoms with Crippen LogP contribution in [0.4, 0.5) is 19.0 Å². The van der Waals surface area contributed by atoms with Crippen LogP contribution in [0.15, 0.2) is 53.4 Å². The predicted octanol–water partition coefficient (Wildman–Crippen LogP) is 3.30. The van der Waals surface area contributed by atoms with Crippen molar-refractivity contribution in [2.75, 3.05) is 38.3 Å². The fourth-order valence-corrected chi connectivity index (χ4v) is 5.08. The molecular formula is C23H23F3N4O5S2. The van der Waals surface area contributed by atoms with Crippen LogP contribution in [0.25, 0.3) is 22.4 Å². The quantitative estimate of drug-likeness (QED) is 0.426. The molecule has 0 amide bonds. The average Bonchev–Trinajstić information content (AvgIpc) is 2.88. The number of anilines is 1. The standard InChI is InChI=1S/C23H23F3N4O5S2/c1-27-37(33,34)18-8-6-16(7-9-18)19-20(17-4-2-15(3-5-17)14-36(31)32)28-22(23(24,25)26)29-21(19)30-10-12-35-13-11-30/h2-9,27H,10-14H2,1H3,(H,31,32). The van der Waals surface area contributed by atoms with Crippen molar-refractivity contribution in [1.82, 2.24) is 14.7 Å². The summed E-state index contributed by atoms with van der Waals surface area (Å²) < 4.78 is 94.0. The van der Waals surface area contributed by atoms with E-state index in [0.717, 1.165) is 0 Å². The van der Waals surface area contributed by atoms with Crippen molar-refractivity contribution in [2.45, 2.75) is 16.8 Å². The molecule has 1 unspecified atom stereocenters. The highest BCUT2D eigenvalue weighted by molar-refractivity contribution is 7.89. The number of morpholine rings is 1. The summed E-state index contributed by atoms with van der Waals surface area (Å²) in [5.74, 6) is -1.40. The van der Waals surface area contributed by atoms with Crippen molar-refractivity contribution in [2.24, 2.45) is 0 Å². The molecule has 0 bridgehead atoms. The van der Waals surface area contributed by atoms with Gasteiger partial charge in [0.25, 0.3) is 0 Å². The molecule has 0 radical (unpaired) electrons. The molecule has 1 aromatic heterocycles. The fraction of sp³-hybridized carbons (Fsp3) is 0.304. The fourth-order valence-electron chi connectivity index (χ4n) is 3.87. The summed E-state index contributed by atoms with van der Waals surface area (Å²) in [6, 6.07) is 11.8. The molecule has 4 rings (SSSR count). The Balaban J connectivity index is 1.96. The zero-order chi connectivity index (χ0) is 26.8. The Morgan fingerprint density at radius 3 is 2.16 bits per heavy atom. The van der Waals surface area contributed by atoms with E-state index in [1.165, 1.54) is 43.4 Å². The van der Waals surface area contributed by atoms with Crippen LogP contribution in [0.2, 0.25) is 0 Å². The molecule has 14 heteroatoms. The third-order valence-corrected chi connectivity index (χ3v) is 7.70. The first-order chi connectivity index (χ1) is 17.5. The number of ether oxygens (including phenoxy) is 1. The summed E-state index contributed by atoms with van der Waals surface area (Å²) in [6.45, 7) is 1.20. The summed E-state index contributed by atoms with van der Waals surface area (Å²) in [7, 11) is -2.46. The topological polar surface area (TPSA) is 122 Å². The third kappa shape index (κ3) is 6.15. The molecule has 9 nitrogen and oxygen atoms in total. The van der Waals surface area contributed by atoms with Gasteiger partial charge in [0.15, 0.2) is 11.1 Å². The van der Waals surface area contributed by atoms with E-state index in [0.29, 0.717) is 48.6 Å². The van der Waals surface area contributed by atoms with Crippen LogP contribution in [0.3, 0.4) is 0 Å². The van der Waals surface area contributed by atoms with Crippen molar-refractivity contribution < 1.29 is 35.1 Å². The van der Waals surface area contributed by atoms with Crippen LogP contribution in [0.1, 0.15) is 11.4 Å². The van der Waals surface area contributed by atoms with Gasteiger partial charge in [0.2, 0.25) is 15.8 Å². The summed E-state index contributed by atoms with van der Waals surface area (Å²) in [6.07, 6.45) is -4.83. The van der Waals surface area contributed by atoms with Crippen LogP contribution in [0.5, 0.6) is 0 Å². The first kappa shape index (κ1) is 27.1. The molecule has 1 aliphatic rings. The van der Waals surface area contributed by atoms with Gasteiger partial charge >= 0.3 is 6.18 Å². The van der Waals surface area contributed by atoms with Gasteiger partial charge in [0.05, 0.1) is 35.1 Å². The molecule has 0 spiro atoms. The van der Waals surface area contributed by atoms with Crippen LogP contribution in [-0.2, 0) is 37.8 Å². The number of aromatic nitrogens is 2. The number of benzene rings is 2. The summed E-state index contributed by atoms with van der Waals surface area (Å²) >= 11 is -2.08. The molecule has 2 heterocycles. The van der Waals surface area contributed by atoms with Gasteiger partial charge in [0, 0.05) is 18.7 Å². The Bertz CT molecular complexity index is 1390. The number of alkyl halides is 3. The number of sulfonamides is 1. The average molecular weight is 557 g/mol. The Kier molecular flexibility index (Phi) is 7.94. The zero-order valence-corrected chi connectivity index (χ0v) is 21.2.